The van der Waals surface area contributed by atoms with E-state index in [0.717, 1.165) is 32.4 Å². The number of likely N-dealkylation sites (tertiary alicyclic amines) is 1. The molecule has 0 aliphatic carbocycles. The van der Waals surface area contributed by atoms with E-state index in [2.05, 4.69) is 42.8 Å². The van der Waals surface area contributed by atoms with Gasteiger partial charge in [-0.1, -0.05) is 20.3 Å². The highest BCUT2D eigenvalue weighted by molar-refractivity contribution is 5.84. The Kier molecular flexibility index (Phi) is 5.44. The lowest BCUT2D eigenvalue weighted by atomic mass is 10.1. The quantitative estimate of drug-likeness (QED) is 0.809. The largest absolute Gasteiger partial charge is 0.325 e. The number of nitrogens with one attached hydrogen (secondary N) is 1. The fourth-order valence-electron chi connectivity index (χ4n) is 3.53. The number of hydrogen-bond donors (Lipinski definition) is 1. The van der Waals surface area contributed by atoms with Crippen LogP contribution in [0.2, 0.25) is 0 Å². The maximum Gasteiger partial charge on any atom is 0.241 e. The van der Waals surface area contributed by atoms with E-state index in [1.54, 1.807) is 0 Å². The fraction of sp³-hybridized carbons (Fsp3) is 0.938. The molecular weight excluding hydrogens is 250 g/mol. The molecule has 0 spiro atoms. The molecule has 1 N–H and O–H groups in total. The summed E-state index contributed by atoms with van der Waals surface area (Å²) in [6.45, 7) is 12.1. The van der Waals surface area contributed by atoms with Gasteiger partial charge in [0.1, 0.15) is 0 Å². The number of carbonyl (C=O) groups excluding carboxylic acids is 1. The van der Waals surface area contributed by atoms with Crippen LogP contribution in [0.5, 0.6) is 0 Å². The molecule has 0 bridgehead atoms. The Bertz CT molecular complexity index is 332. The molecule has 1 amide bonds. The monoisotopic (exact) mass is 281 g/mol. The van der Waals surface area contributed by atoms with Crippen molar-refractivity contribution >= 4 is 5.91 Å². The summed E-state index contributed by atoms with van der Waals surface area (Å²) in [7, 11) is 0. The van der Waals surface area contributed by atoms with Crippen molar-refractivity contribution in [3.63, 3.8) is 0 Å². The average Bonchev–Trinajstić information content (AvgIpc) is 2.99. The van der Waals surface area contributed by atoms with E-state index in [-0.39, 0.29) is 12.2 Å². The summed E-state index contributed by atoms with van der Waals surface area (Å²) in [5.74, 6) is 0.979. The van der Waals surface area contributed by atoms with Gasteiger partial charge in [-0.2, -0.15) is 0 Å². The molecule has 2 aliphatic rings. The summed E-state index contributed by atoms with van der Waals surface area (Å²) in [5.41, 5.74) is 0. The molecule has 4 nitrogen and oxygen atoms in total. The van der Waals surface area contributed by atoms with Crippen LogP contribution >= 0.6 is 0 Å². The van der Waals surface area contributed by atoms with Crippen molar-refractivity contribution in [2.24, 2.45) is 5.92 Å². The van der Waals surface area contributed by atoms with E-state index in [9.17, 15) is 4.79 Å². The lowest BCUT2D eigenvalue weighted by Gasteiger charge is -2.27. The van der Waals surface area contributed by atoms with Crippen molar-refractivity contribution in [2.45, 2.75) is 71.6 Å². The Hall–Kier alpha value is -0.610. The van der Waals surface area contributed by atoms with Gasteiger partial charge in [0.2, 0.25) is 5.91 Å². The van der Waals surface area contributed by atoms with Crippen molar-refractivity contribution in [1.29, 1.82) is 0 Å². The zero-order valence-electron chi connectivity index (χ0n) is 13.6. The van der Waals surface area contributed by atoms with Crippen LogP contribution in [0.4, 0.5) is 0 Å². The summed E-state index contributed by atoms with van der Waals surface area (Å²) in [4.78, 5) is 17.1. The SMILES string of the molecule is CCCC1NC(CC)C(=O)N1CC1CCN(C(C)C)C1. The molecule has 0 aromatic carbocycles. The van der Waals surface area contributed by atoms with Crippen LogP contribution < -0.4 is 5.32 Å². The molecule has 2 fully saturated rings. The Morgan fingerprint density at radius 1 is 1.35 bits per heavy atom. The first-order valence-electron chi connectivity index (χ1n) is 8.37. The lowest BCUT2D eigenvalue weighted by molar-refractivity contribution is -0.130. The minimum Gasteiger partial charge on any atom is -0.325 e. The summed E-state index contributed by atoms with van der Waals surface area (Å²) < 4.78 is 0. The molecule has 4 heteroatoms. The highest BCUT2D eigenvalue weighted by Crippen LogP contribution is 2.24. The molecule has 0 radical (unpaired) electrons. The zero-order valence-corrected chi connectivity index (χ0v) is 13.6. The normalized spacial score (nSPS) is 31.8. The first-order valence-corrected chi connectivity index (χ1v) is 8.37. The van der Waals surface area contributed by atoms with E-state index < -0.39 is 0 Å². The van der Waals surface area contributed by atoms with Gasteiger partial charge in [0, 0.05) is 19.1 Å². The number of hydrogen-bond acceptors (Lipinski definition) is 3. The van der Waals surface area contributed by atoms with Crippen LogP contribution in [0.25, 0.3) is 0 Å². The van der Waals surface area contributed by atoms with Crippen LogP contribution in [-0.4, -0.2) is 53.6 Å². The molecule has 2 heterocycles. The highest BCUT2D eigenvalue weighted by atomic mass is 16.2. The van der Waals surface area contributed by atoms with E-state index in [0.29, 0.717) is 17.9 Å². The standard InChI is InChI=1S/C16H31N3O/c1-5-7-15-17-14(6-2)16(20)19(15)11-13-8-9-18(10-13)12(3)4/h12-15,17H,5-11H2,1-4H3. The molecule has 3 atom stereocenters. The van der Waals surface area contributed by atoms with Crippen molar-refractivity contribution in [3.05, 3.63) is 0 Å². The molecule has 20 heavy (non-hydrogen) atoms. The molecular formula is C16H31N3O. The van der Waals surface area contributed by atoms with Crippen LogP contribution in [0.15, 0.2) is 0 Å². The Morgan fingerprint density at radius 3 is 2.65 bits per heavy atom. The van der Waals surface area contributed by atoms with Crippen molar-refractivity contribution in [1.82, 2.24) is 15.1 Å². The minimum absolute atomic E-state index is 0.0501. The van der Waals surface area contributed by atoms with Gasteiger partial charge in [0.05, 0.1) is 12.2 Å². The van der Waals surface area contributed by atoms with Crippen LogP contribution in [-0.2, 0) is 4.79 Å². The number of rotatable bonds is 6. The number of carbonyl (C=O) groups is 1. The van der Waals surface area contributed by atoms with Crippen LogP contribution in [0, 0.1) is 5.92 Å². The molecule has 0 aromatic rings. The molecule has 3 unspecified atom stereocenters. The molecule has 2 aliphatic heterocycles. The predicted molar refractivity (Wildman–Crippen MR) is 82.4 cm³/mol. The maximum atomic E-state index is 12.5. The zero-order chi connectivity index (χ0) is 14.7. The van der Waals surface area contributed by atoms with Gasteiger partial charge in [0.15, 0.2) is 0 Å². The summed E-state index contributed by atoms with van der Waals surface area (Å²) >= 11 is 0. The summed E-state index contributed by atoms with van der Waals surface area (Å²) in [6, 6.07) is 0.677. The molecule has 2 rings (SSSR count). The minimum atomic E-state index is 0.0501. The van der Waals surface area contributed by atoms with Gasteiger partial charge in [-0.15, -0.1) is 0 Å². The van der Waals surface area contributed by atoms with E-state index in [4.69, 9.17) is 0 Å². The first-order chi connectivity index (χ1) is 9.56. The molecule has 116 valence electrons. The molecule has 0 aromatic heterocycles. The van der Waals surface area contributed by atoms with E-state index in [1.165, 1.54) is 13.0 Å². The highest BCUT2D eigenvalue weighted by Gasteiger charge is 2.39. The predicted octanol–water partition coefficient (Wildman–Crippen LogP) is 2.05. The van der Waals surface area contributed by atoms with Gasteiger partial charge in [-0.05, 0) is 45.6 Å². The second-order valence-electron chi connectivity index (χ2n) is 6.67. The fourth-order valence-corrected chi connectivity index (χ4v) is 3.53. The number of nitrogens with zero attached hydrogens (tertiary/aromatic N) is 2. The Morgan fingerprint density at radius 2 is 2.10 bits per heavy atom. The molecule has 0 saturated carbocycles. The van der Waals surface area contributed by atoms with Gasteiger partial charge in [-0.3, -0.25) is 10.1 Å². The number of amides is 1. The maximum absolute atomic E-state index is 12.5. The first kappa shape index (κ1) is 15.8. The van der Waals surface area contributed by atoms with Gasteiger partial charge in [-0.25, -0.2) is 0 Å². The van der Waals surface area contributed by atoms with Crippen LogP contribution in [0.3, 0.4) is 0 Å². The van der Waals surface area contributed by atoms with E-state index >= 15 is 0 Å². The third-order valence-corrected chi connectivity index (χ3v) is 4.82. The second kappa shape index (κ2) is 6.90. The summed E-state index contributed by atoms with van der Waals surface area (Å²) in [5, 5.41) is 3.51. The molecule has 2 saturated heterocycles. The Labute approximate surface area is 123 Å². The van der Waals surface area contributed by atoms with Gasteiger partial charge in [0.25, 0.3) is 0 Å². The van der Waals surface area contributed by atoms with Crippen molar-refractivity contribution in [2.75, 3.05) is 19.6 Å². The lowest BCUT2D eigenvalue weighted by Crippen LogP contribution is -2.41. The van der Waals surface area contributed by atoms with Gasteiger partial charge < -0.3 is 9.80 Å². The van der Waals surface area contributed by atoms with E-state index in [1.807, 2.05) is 0 Å². The Balaban J connectivity index is 1.94. The third kappa shape index (κ3) is 3.34. The summed E-state index contributed by atoms with van der Waals surface area (Å²) in [6.07, 6.45) is 4.60. The smallest absolute Gasteiger partial charge is 0.241 e. The average molecular weight is 281 g/mol. The van der Waals surface area contributed by atoms with Gasteiger partial charge >= 0.3 is 0 Å². The van der Waals surface area contributed by atoms with Crippen LogP contribution in [0.1, 0.15) is 53.4 Å². The third-order valence-electron chi connectivity index (χ3n) is 4.82. The second-order valence-corrected chi connectivity index (χ2v) is 6.67. The topological polar surface area (TPSA) is 35.6 Å². The van der Waals surface area contributed by atoms with Crippen molar-refractivity contribution in [3.8, 4) is 0 Å². The van der Waals surface area contributed by atoms with Crippen molar-refractivity contribution < 1.29 is 4.79 Å².